The van der Waals surface area contributed by atoms with Crippen molar-refractivity contribution >= 4 is 34.2 Å². The van der Waals surface area contributed by atoms with Crippen LogP contribution in [0.1, 0.15) is 62.7 Å². The van der Waals surface area contributed by atoms with Crippen LogP contribution in [0.4, 0.5) is 5.00 Å². The van der Waals surface area contributed by atoms with Crippen LogP contribution in [-0.4, -0.2) is 30.6 Å². The van der Waals surface area contributed by atoms with Crippen molar-refractivity contribution in [3.8, 4) is 10.4 Å². The van der Waals surface area contributed by atoms with E-state index < -0.39 is 23.4 Å². The third-order valence-corrected chi connectivity index (χ3v) is 8.75. The second-order valence-corrected chi connectivity index (χ2v) is 11.2. The van der Waals surface area contributed by atoms with Gasteiger partial charge in [0.05, 0.1) is 17.6 Å². The number of amides is 1. The van der Waals surface area contributed by atoms with Crippen molar-refractivity contribution < 1.29 is 23.9 Å². The Hall–Kier alpha value is -2.67. The van der Waals surface area contributed by atoms with Crippen molar-refractivity contribution in [1.29, 1.82) is 0 Å². The van der Waals surface area contributed by atoms with Gasteiger partial charge in [0.1, 0.15) is 5.00 Å². The zero-order valence-corrected chi connectivity index (χ0v) is 20.5. The van der Waals surface area contributed by atoms with E-state index in [1.165, 1.54) is 30.6 Å². The minimum absolute atomic E-state index is 0.226. The summed E-state index contributed by atoms with van der Waals surface area (Å²) in [4.78, 5) is 39.7. The quantitative estimate of drug-likeness (QED) is 0.515. The molecule has 0 saturated heterocycles. The number of rotatable bonds is 7. The Morgan fingerprint density at radius 2 is 1.68 bits per heavy atom. The van der Waals surface area contributed by atoms with E-state index in [4.69, 9.17) is 9.47 Å². The molecule has 4 bridgehead atoms. The van der Waals surface area contributed by atoms with Crippen LogP contribution in [-0.2, 0) is 19.1 Å². The molecule has 1 aromatic heterocycles. The van der Waals surface area contributed by atoms with Gasteiger partial charge in [-0.3, -0.25) is 9.59 Å². The van der Waals surface area contributed by atoms with Gasteiger partial charge in [0.25, 0.3) is 5.91 Å². The largest absolute Gasteiger partial charge is 0.462 e. The Kier molecular flexibility index (Phi) is 6.23. The molecule has 1 heterocycles. The lowest BCUT2D eigenvalue weighted by Crippen LogP contribution is -2.51. The van der Waals surface area contributed by atoms with Gasteiger partial charge in [0, 0.05) is 4.88 Å². The number of esters is 2. The summed E-state index contributed by atoms with van der Waals surface area (Å²) in [6.45, 7) is 3.58. The zero-order chi connectivity index (χ0) is 23.9. The number of hydrogen-bond donors (Lipinski definition) is 1. The number of carbonyl (C=O) groups excluding carboxylic acids is 3. The predicted octanol–water partition coefficient (Wildman–Crippen LogP) is 5.68. The normalized spacial score (nSPS) is 27.8. The van der Waals surface area contributed by atoms with Crippen LogP contribution in [0.25, 0.3) is 10.4 Å². The van der Waals surface area contributed by atoms with Gasteiger partial charge in [-0.05, 0) is 81.8 Å². The zero-order valence-electron chi connectivity index (χ0n) is 19.7. The van der Waals surface area contributed by atoms with E-state index in [0.29, 0.717) is 28.3 Å². The Balaban J connectivity index is 1.30. The molecule has 1 N–H and O–H groups in total. The van der Waals surface area contributed by atoms with Crippen molar-refractivity contribution in [1.82, 2.24) is 0 Å². The van der Waals surface area contributed by atoms with Gasteiger partial charge in [-0.2, -0.15) is 0 Å². The summed E-state index contributed by atoms with van der Waals surface area (Å²) in [6, 6.07) is 11.4. The molecule has 4 aliphatic rings. The molecule has 1 atom stereocenters. The molecule has 0 aliphatic heterocycles. The number of carbonyl (C=O) groups is 3. The van der Waals surface area contributed by atoms with E-state index in [2.05, 4.69) is 5.32 Å². The average Bonchev–Trinajstić information content (AvgIpc) is 3.23. The molecule has 1 amide bonds. The highest BCUT2D eigenvalue weighted by atomic mass is 32.1. The Morgan fingerprint density at radius 1 is 1.06 bits per heavy atom. The summed E-state index contributed by atoms with van der Waals surface area (Å²) in [7, 11) is 0. The van der Waals surface area contributed by atoms with E-state index in [1.807, 2.05) is 30.3 Å². The number of hydrogen-bond acceptors (Lipinski definition) is 6. The van der Waals surface area contributed by atoms with E-state index in [0.717, 1.165) is 29.7 Å². The maximum absolute atomic E-state index is 13.2. The summed E-state index contributed by atoms with van der Waals surface area (Å²) in [5.41, 5.74) is 0.835. The number of benzene rings is 1. The van der Waals surface area contributed by atoms with Crippen LogP contribution >= 0.6 is 11.3 Å². The SMILES string of the molecule is CCOC(=O)c1cc(-c2ccccc2)sc1NC(=O)C(C)OC(=O)C12CC3CC(CC(C3)C1)C2. The molecule has 6 nitrogen and oxygen atoms in total. The lowest BCUT2D eigenvalue weighted by molar-refractivity contribution is -0.177. The van der Waals surface area contributed by atoms with Gasteiger partial charge in [-0.25, -0.2) is 4.79 Å². The molecular weight excluding hydrogens is 450 g/mol. The molecule has 4 aliphatic carbocycles. The van der Waals surface area contributed by atoms with Crippen LogP contribution < -0.4 is 5.32 Å². The van der Waals surface area contributed by atoms with Gasteiger partial charge >= 0.3 is 11.9 Å². The van der Waals surface area contributed by atoms with Crippen molar-refractivity contribution in [3.63, 3.8) is 0 Å². The van der Waals surface area contributed by atoms with Crippen LogP contribution in [0, 0.1) is 23.2 Å². The fraction of sp³-hybridized carbons (Fsp3) is 0.519. The fourth-order valence-electron chi connectivity index (χ4n) is 6.50. The summed E-state index contributed by atoms with van der Waals surface area (Å²) >= 11 is 1.31. The third-order valence-electron chi connectivity index (χ3n) is 7.65. The number of anilines is 1. The minimum atomic E-state index is -0.946. The molecule has 0 radical (unpaired) electrons. The molecule has 1 aromatic carbocycles. The van der Waals surface area contributed by atoms with Crippen LogP contribution in [0.15, 0.2) is 36.4 Å². The predicted molar refractivity (Wildman–Crippen MR) is 131 cm³/mol. The first-order chi connectivity index (χ1) is 16.4. The monoisotopic (exact) mass is 481 g/mol. The lowest BCUT2D eigenvalue weighted by Gasteiger charge is -2.55. The van der Waals surface area contributed by atoms with Crippen LogP contribution in [0.2, 0.25) is 0 Å². The van der Waals surface area contributed by atoms with E-state index in [9.17, 15) is 14.4 Å². The number of ether oxygens (including phenoxy) is 2. The van der Waals surface area contributed by atoms with E-state index in [1.54, 1.807) is 19.9 Å². The molecule has 7 heteroatoms. The molecule has 0 spiro atoms. The Morgan fingerprint density at radius 3 is 2.26 bits per heavy atom. The first kappa shape index (κ1) is 23.1. The topological polar surface area (TPSA) is 81.7 Å². The van der Waals surface area contributed by atoms with Crippen molar-refractivity contribution in [2.45, 2.75) is 58.5 Å². The van der Waals surface area contributed by atoms with Gasteiger partial charge in [0.15, 0.2) is 6.10 Å². The number of nitrogens with one attached hydrogen (secondary N) is 1. The van der Waals surface area contributed by atoms with E-state index >= 15 is 0 Å². The summed E-state index contributed by atoms with van der Waals surface area (Å²) in [5.74, 6) is 0.711. The second-order valence-electron chi connectivity index (χ2n) is 10.2. The van der Waals surface area contributed by atoms with Crippen LogP contribution in [0.5, 0.6) is 0 Å². The maximum atomic E-state index is 13.2. The van der Waals surface area contributed by atoms with Crippen LogP contribution in [0.3, 0.4) is 0 Å². The maximum Gasteiger partial charge on any atom is 0.341 e. The molecule has 4 fully saturated rings. The van der Waals surface area contributed by atoms with Gasteiger partial charge in [0.2, 0.25) is 0 Å². The summed E-state index contributed by atoms with van der Waals surface area (Å²) in [6.07, 6.45) is 5.45. The molecule has 1 unspecified atom stereocenters. The molecular formula is C27H31NO5S. The van der Waals surface area contributed by atoms with Crippen molar-refractivity contribution in [2.75, 3.05) is 11.9 Å². The van der Waals surface area contributed by atoms with Crippen molar-refractivity contribution in [3.05, 3.63) is 42.0 Å². The molecule has 180 valence electrons. The molecule has 6 rings (SSSR count). The molecule has 2 aromatic rings. The third kappa shape index (κ3) is 4.38. The first-order valence-electron chi connectivity index (χ1n) is 12.2. The Bertz CT molecular complexity index is 1060. The standard InChI is InChI=1S/C27H31NO5S/c1-3-32-25(30)21-12-22(20-7-5-4-6-8-20)34-24(21)28-23(29)16(2)33-26(31)27-13-17-9-18(14-27)11-19(10-17)15-27/h4-8,12,16-19H,3,9-11,13-15H2,1-2H3,(H,28,29). The van der Waals surface area contributed by atoms with Gasteiger partial charge in [-0.15, -0.1) is 11.3 Å². The number of thiophene rings is 1. The smallest absolute Gasteiger partial charge is 0.341 e. The molecule has 4 saturated carbocycles. The summed E-state index contributed by atoms with van der Waals surface area (Å²) in [5, 5.41) is 3.22. The lowest BCUT2D eigenvalue weighted by atomic mass is 9.49. The van der Waals surface area contributed by atoms with Gasteiger partial charge in [-0.1, -0.05) is 30.3 Å². The van der Waals surface area contributed by atoms with Crippen molar-refractivity contribution in [2.24, 2.45) is 23.2 Å². The van der Waals surface area contributed by atoms with E-state index in [-0.39, 0.29) is 12.6 Å². The first-order valence-corrected chi connectivity index (χ1v) is 13.1. The molecule has 34 heavy (non-hydrogen) atoms. The second kappa shape index (κ2) is 9.17. The highest BCUT2D eigenvalue weighted by Crippen LogP contribution is 2.60. The highest BCUT2D eigenvalue weighted by Gasteiger charge is 2.55. The summed E-state index contributed by atoms with van der Waals surface area (Å²) < 4.78 is 10.9. The minimum Gasteiger partial charge on any atom is -0.462 e. The Labute approximate surface area is 204 Å². The average molecular weight is 482 g/mol. The highest BCUT2D eigenvalue weighted by molar-refractivity contribution is 7.20. The fourth-order valence-corrected chi connectivity index (χ4v) is 7.56. The van der Waals surface area contributed by atoms with Gasteiger partial charge < -0.3 is 14.8 Å².